The summed E-state index contributed by atoms with van der Waals surface area (Å²) in [6.07, 6.45) is 7.27. The summed E-state index contributed by atoms with van der Waals surface area (Å²) in [6, 6.07) is 2.20. The summed E-state index contributed by atoms with van der Waals surface area (Å²) in [6.45, 7) is 4.17. The largest absolute Gasteiger partial charge is 0.469 e. The highest BCUT2D eigenvalue weighted by Gasteiger charge is 2.27. The van der Waals surface area contributed by atoms with Gasteiger partial charge in [-0.2, -0.15) is 0 Å². The summed E-state index contributed by atoms with van der Waals surface area (Å²) in [4.78, 5) is 15.8. The zero-order valence-electron chi connectivity index (χ0n) is 12.1. The van der Waals surface area contributed by atoms with Gasteiger partial charge in [0.1, 0.15) is 0 Å². The van der Waals surface area contributed by atoms with Crippen molar-refractivity contribution in [1.29, 1.82) is 0 Å². The molecule has 3 heteroatoms. The van der Waals surface area contributed by atoms with Crippen LogP contribution >= 0.6 is 0 Å². The molecule has 0 atom stereocenters. The lowest BCUT2D eigenvalue weighted by Gasteiger charge is -2.27. The van der Waals surface area contributed by atoms with Gasteiger partial charge in [0, 0.05) is 11.9 Å². The standard InChI is InChI=1S/C16H23NO2/c1-11-10-17-12(2)8-15(11)9-13-4-6-14(7-5-13)16(18)19-3/h8,10,13-14H,4-7,9H2,1-3H3. The Kier molecular flexibility index (Phi) is 4.56. The second kappa shape index (κ2) is 6.18. The molecule has 0 unspecified atom stereocenters. The van der Waals surface area contributed by atoms with Gasteiger partial charge in [-0.15, -0.1) is 0 Å². The van der Waals surface area contributed by atoms with Crippen molar-refractivity contribution >= 4 is 5.97 Å². The number of ether oxygens (including phenoxy) is 1. The highest BCUT2D eigenvalue weighted by molar-refractivity contribution is 5.72. The Balaban J connectivity index is 1.92. The molecule has 0 bridgehead atoms. The molecule has 0 aliphatic heterocycles. The maximum atomic E-state index is 11.5. The van der Waals surface area contributed by atoms with Gasteiger partial charge in [-0.05, 0) is 69.1 Å². The van der Waals surface area contributed by atoms with Crippen LogP contribution in [-0.2, 0) is 16.0 Å². The lowest BCUT2D eigenvalue weighted by molar-refractivity contribution is -0.146. The Morgan fingerprint density at radius 2 is 2.00 bits per heavy atom. The summed E-state index contributed by atoms with van der Waals surface area (Å²) in [5.74, 6) is 0.789. The van der Waals surface area contributed by atoms with Gasteiger partial charge in [0.2, 0.25) is 0 Å². The first-order chi connectivity index (χ1) is 9.10. The molecule has 0 saturated heterocycles. The Bertz CT molecular complexity index is 448. The van der Waals surface area contributed by atoms with Gasteiger partial charge in [0.05, 0.1) is 13.0 Å². The summed E-state index contributed by atoms with van der Waals surface area (Å²) in [5.41, 5.74) is 3.78. The molecule has 0 N–H and O–H groups in total. The Labute approximate surface area is 115 Å². The Hall–Kier alpha value is -1.38. The van der Waals surface area contributed by atoms with Crippen LogP contribution in [0.3, 0.4) is 0 Å². The molecule has 104 valence electrons. The molecule has 1 aromatic heterocycles. The molecule has 19 heavy (non-hydrogen) atoms. The summed E-state index contributed by atoms with van der Waals surface area (Å²) in [7, 11) is 1.48. The molecule has 1 fully saturated rings. The Morgan fingerprint density at radius 1 is 1.32 bits per heavy atom. The number of esters is 1. The monoisotopic (exact) mass is 261 g/mol. The van der Waals surface area contributed by atoms with E-state index in [4.69, 9.17) is 4.74 Å². The first-order valence-corrected chi connectivity index (χ1v) is 7.10. The van der Waals surface area contributed by atoms with Crippen LogP contribution < -0.4 is 0 Å². The predicted molar refractivity (Wildman–Crippen MR) is 74.9 cm³/mol. The SMILES string of the molecule is COC(=O)C1CCC(Cc2cc(C)ncc2C)CC1. The van der Waals surface area contributed by atoms with Crippen molar-refractivity contribution in [2.24, 2.45) is 11.8 Å². The number of nitrogens with zero attached hydrogens (tertiary/aromatic N) is 1. The van der Waals surface area contributed by atoms with E-state index in [1.807, 2.05) is 13.1 Å². The third kappa shape index (κ3) is 3.55. The van der Waals surface area contributed by atoms with Gasteiger partial charge in [-0.25, -0.2) is 0 Å². The molecule has 0 radical (unpaired) electrons. The van der Waals surface area contributed by atoms with E-state index in [-0.39, 0.29) is 11.9 Å². The van der Waals surface area contributed by atoms with Gasteiger partial charge in [0.25, 0.3) is 0 Å². The third-order valence-corrected chi connectivity index (χ3v) is 4.24. The van der Waals surface area contributed by atoms with Crippen LogP contribution in [-0.4, -0.2) is 18.1 Å². The fourth-order valence-corrected chi connectivity index (χ4v) is 2.98. The molecule has 0 aromatic carbocycles. The van der Waals surface area contributed by atoms with E-state index < -0.39 is 0 Å². The van der Waals surface area contributed by atoms with Crippen LogP contribution in [0.4, 0.5) is 0 Å². The summed E-state index contributed by atoms with van der Waals surface area (Å²) >= 11 is 0. The number of pyridine rings is 1. The number of hydrogen-bond donors (Lipinski definition) is 0. The fourth-order valence-electron chi connectivity index (χ4n) is 2.98. The first kappa shape index (κ1) is 14.0. The normalized spacial score (nSPS) is 23.1. The number of methoxy groups -OCH3 is 1. The fraction of sp³-hybridized carbons (Fsp3) is 0.625. The van der Waals surface area contributed by atoms with Crippen molar-refractivity contribution in [3.63, 3.8) is 0 Å². The van der Waals surface area contributed by atoms with Crippen molar-refractivity contribution in [3.8, 4) is 0 Å². The van der Waals surface area contributed by atoms with Gasteiger partial charge in [0.15, 0.2) is 0 Å². The molecular formula is C16H23NO2. The highest BCUT2D eigenvalue weighted by atomic mass is 16.5. The molecular weight excluding hydrogens is 238 g/mol. The number of carbonyl (C=O) groups is 1. The molecule has 1 aromatic rings. The van der Waals surface area contributed by atoms with E-state index in [1.54, 1.807) is 0 Å². The van der Waals surface area contributed by atoms with Gasteiger partial charge < -0.3 is 4.74 Å². The average Bonchev–Trinajstić information content (AvgIpc) is 2.43. The van der Waals surface area contributed by atoms with E-state index in [9.17, 15) is 4.79 Å². The topological polar surface area (TPSA) is 39.2 Å². The van der Waals surface area contributed by atoms with Gasteiger partial charge in [-0.3, -0.25) is 9.78 Å². The predicted octanol–water partition coefficient (Wildman–Crippen LogP) is 3.22. The number of aryl methyl sites for hydroxylation is 2. The molecule has 1 heterocycles. The average molecular weight is 261 g/mol. The summed E-state index contributed by atoms with van der Waals surface area (Å²) < 4.78 is 4.83. The molecule has 3 nitrogen and oxygen atoms in total. The van der Waals surface area contributed by atoms with Crippen LogP contribution in [0.2, 0.25) is 0 Å². The first-order valence-electron chi connectivity index (χ1n) is 7.10. The van der Waals surface area contributed by atoms with Crippen LogP contribution in [0.25, 0.3) is 0 Å². The van der Waals surface area contributed by atoms with E-state index in [0.717, 1.165) is 37.8 Å². The van der Waals surface area contributed by atoms with Crippen molar-refractivity contribution < 1.29 is 9.53 Å². The van der Waals surface area contributed by atoms with Crippen LogP contribution in [0, 0.1) is 25.7 Å². The minimum atomic E-state index is -0.0330. The van der Waals surface area contributed by atoms with E-state index in [1.165, 1.54) is 18.2 Å². The molecule has 0 spiro atoms. The molecule has 2 rings (SSSR count). The third-order valence-electron chi connectivity index (χ3n) is 4.24. The van der Waals surface area contributed by atoms with Gasteiger partial charge in [-0.1, -0.05) is 0 Å². The van der Waals surface area contributed by atoms with Crippen LogP contribution in [0.15, 0.2) is 12.3 Å². The highest BCUT2D eigenvalue weighted by Crippen LogP contribution is 2.32. The van der Waals surface area contributed by atoms with Crippen LogP contribution in [0.1, 0.15) is 42.5 Å². The molecule has 1 aliphatic rings. The zero-order valence-corrected chi connectivity index (χ0v) is 12.1. The second-order valence-electron chi connectivity index (χ2n) is 5.70. The lowest BCUT2D eigenvalue weighted by atomic mass is 9.79. The Morgan fingerprint density at radius 3 is 2.63 bits per heavy atom. The maximum absolute atomic E-state index is 11.5. The molecule has 1 aliphatic carbocycles. The van der Waals surface area contributed by atoms with Crippen LogP contribution in [0.5, 0.6) is 0 Å². The molecule has 1 saturated carbocycles. The maximum Gasteiger partial charge on any atom is 0.308 e. The quantitative estimate of drug-likeness (QED) is 0.784. The zero-order chi connectivity index (χ0) is 13.8. The number of hydrogen-bond acceptors (Lipinski definition) is 3. The van der Waals surface area contributed by atoms with Gasteiger partial charge >= 0.3 is 5.97 Å². The lowest BCUT2D eigenvalue weighted by Crippen LogP contribution is -2.23. The summed E-state index contributed by atoms with van der Waals surface area (Å²) in [5, 5.41) is 0. The van der Waals surface area contributed by atoms with Crippen molar-refractivity contribution in [2.75, 3.05) is 7.11 Å². The van der Waals surface area contributed by atoms with E-state index in [0.29, 0.717) is 5.92 Å². The number of rotatable bonds is 3. The van der Waals surface area contributed by atoms with E-state index >= 15 is 0 Å². The molecule has 0 amide bonds. The van der Waals surface area contributed by atoms with Crippen molar-refractivity contribution in [3.05, 3.63) is 29.1 Å². The minimum Gasteiger partial charge on any atom is -0.469 e. The van der Waals surface area contributed by atoms with Crippen molar-refractivity contribution in [1.82, 2.24) is 4.98 Å². The number of aromatic nitrogens is 1. The van der Waals surface area contributed by atoms with E-state index in [2.05, 4.69) is 18.0 Å². The minimum absolute atomic E-state index is 0.0330. The smallest absolute Gasteiger partial charge is 0.308 e. The van der Waals surface area contributed by atoms with Crippen molar-refractivity contribution in [2.45, 2.75) is 46.0 Å². The number of carbonyl (C=O) groups excluding carboxylic acids is 1. The second-order valence-corrected chi connectivity index (χ2v) is 5.70.